The predicted octanol–water partition coefficient (Wildman–Crippen LogP) is 6.73. The number of amides is 3. The van der Waals surface area contributed by atoms with E-state index in [1.807, 2.05) is 42.3 Å². The first-order valence-corrected chi connectivity index (χ1v) is 21.2. The minimum absolute atomic E-state index is 0.0483. The van der Waals surface area contributed by atoms with Gasteiger partial charge in [0.1, 0.15) is 16.8 Å². The van der Waals surface area contributed by atoms with E-state index in [9.17, 15) is 19.2 Å². The molecule has 1 aromatic carbocycles. The summed E-state index contributed by atoms with van der Waals surface area (Å²) in [5, 5.41) is 5.57. The van der Waals surface area contributed by atoms with Gasteiger partial charge < -0.3 is 15.0 Å². The SMILES string of the molecule is CCCO[C@H](C[C@H](C(C)C)N(CCC)C(=O)[C@@H](CC(=O)[C@H]1CCCCN1C)[C@@H](C)CC)c1nc(C(=O)N[C@@H](Cc2ccccc2)C[C@H](C)C(=O)NN)cs1. The molecule has 3 amide bonds. The number of ether oxygens (including phenoxy) is 1. The second-order valence-corrected chi connectivity index (χ2v) is 16.6. The number of thiazole rings is 1. The number of likely N-dealkylation sites (N-methyl/N-ethyl adjacent to an activating group) is 1. The monoisotopic (exact) mass is 768 g/mol. The molecule has 1 saturated heterocycles. The van der Waals surface area contributed by atoms with Crippen LogP contribution in [0, 0.1) is 23.7 Å². The topological polar surface area (TPSA) is 147 Å². The fraction of sp³-hybridized carbons (Fsp3) is 0.690. The summed E-state index contributed by atoms with van der Waals surface area (Å²) in [5.41, 5.74) is 3.55. The summed E-state index contributed by atoms with van der Waals surface area (Å²) in [6, 6.07) is 9.24. The Morgan fingerprint density at radius 1 is 1.04 bits per heavy atom. The molecule has 0 aliphatic carbocycles. The largest absolute Gasteiger partial charge is 0.371 e. The highest BCUT2D eigenvalue weighted by molar-refractivity contribution is 7.09. The summed E-state index contributed by atoms with van der Waals surface area (Å²) in [5.74, 6) is 4.40. The normalized spacial score (nSPS) is 18.3. The van der Waals surface area contributed by atoms with Crippen LogP contribution in [0.1, 0.15) is 133 Å². The number of nitrogens with zero attached hydrogens (tertiary/aromatic N) is 3. The molecule has 3 rings (SSSR count). The van der Waals surface area contributed by atoms with E-state index in [-0.39, 0.29) is 59.9 Å². The van der Waals surface area contributed by atoms with Crippen molar-refractivity contribution in [3.8, 4) is 0 Å². The maximum Gasteiger partial charge on any atom is 0.270 e. The van der Waals surface area contributed by atoms with E-state index in [4.69, 9.17) is 15.6 Å². The molecular formula is C42H68N6O5S. The van der Waals surface area contributed by atoms with Gasteiger partial charge >= 0.3 is 0 Å². The number of hydrogen-bond donors (Lipinski definition) is 3. The third-order valence-electron chi connectivity index (χ3n) is 11.0. The molecule has 12 heteroatoms. The van der Waals surface area contributed by atoms with Gasteiger partial charge in [-0.25, -0.2) is 10.8 Å². The van der Waals surface area contributed by atoms with Gasteiger partial charge in [0.2, 0.25) is 11.8 Å². The second kappa shape index (κ2) is 23.0. The van der Waals surface area contributed by atoms with Crippen molar-refractivity contribution >= 4 is 34.8 Å². The number of nitrogens with one attached hydrogen (secondary N) is 2. The van der Waals surface area contributed by atoms with Crippen LogP contribution in [-0.2, 0) is 25.5 Å². The van der Waals surface area contributed by atoms with E-state index >= 15 is 0 Å². The van der Waals surface area contributed by atoms with Crippen LogP contribution in [0.4, 0.5) is 0 Å². The van der Waals surface area contributed by atoms with Crippen LogP contribution < -0.4 is 16.6 Å². The molecule has 1 aromatic heterocycles. The zero-order chi connectivity index (χ0) is 39.8. The van der Waals surface area contributed by atoms with E-state index in [1.165, 1.54) is 11.3 Å². The molecule has 2 aromatic rings. The van der Waals surface area contributed by atoms with Crippen molar-refractivity contribution in [2.24, 2.45) is 29.5 Å². The molecular weight excluding hydrogens is 701 g/mol. The molecule has 7 atom stereocenters. The fourth-order valence-electron chi connectivity index (χ4n) is 7.59. The average Bonchev–Trinajstić information content (AvgIpc) is 3.66. The number of hydrogen-bond acceptors (Lipinski definition) is 9. The maximum atomic E-state index is 14.7. The van der Waals surface area contributed by atoms with Crippen molar-refractivity contribution in [1.82, 2.24) is 25.5 Å². The number of aromatic nitrogens is 1. The van der Waals surface area contributed by atoms with Crippen molar-refractivity contribution in [2.75, 3.05) is 26.7 Å². The molecule has 302 valence electrons. The first kappa shape index (κ1) is 45.2. The van der Waals surface area contributed by atoms with Gasteiger partial charge in [0.25, 0.3) is 5.91 Å². The summed E-state index contributed by atoms with van der Waals surface area (Å²) in [6.07, 6.45) is 6.71. The highest BCUT2D eigenvalue weighted by Crippen LogP contribution is 2.33. The average molecular weight is 769 g/mol. The second-order valence-electron chi connectivity index (χ2n) is 15.7. The van der Waals surface area contributed by atoms with Crippen LogP contribution in [0.3, 0.4) is 0 Å². The number of benzene rings is 1. The molecule has 0 spiro atoms. The highest BCUT2D eigenvalue weighted by Gasteiger charge is 2.38. The molecule has 2 heterocycles. The van der Waals surface area contributed by atoms with E-state index in [0.717, 1.165) is 50.6 Å². The smallest absolute Gasteiger partial charge is 0.270 e. The van der Waals surface area contributed by atoms with Gasteiger partial charge in [0.15, 0.2) is 5.78 Å². The predicted molar refractivity (Wildman–Crippen MR) is 217 cm³/mol. The van der Waals surface area contributed by atoms with Crippen LogP contribution in [-0.4, -0.2) is 83.2 Å². The number of rotatable bonds is 23. The number of piperidine rings is 1. The molecule has 0 saturated carbocycles. The van der Waals surface area contributed by atoms with E-state index < -0.39 is 17.9 Å². The number of Topliss-reactive ketones (excluding diaryl/α,β-unsaturated/α-hetero) is 1. The Labute approximate surface area is 328 Å². The molecule has 11 nitrogen and oxygen atoms in total. The van der Waals surface area contributed by atoms with E-state index in [2.05, 4.69) is 57.2 Å². The molecule has 0 radical (unpaired) electrons. The van der Waals surface area contributed by atoms with Gasteiger partial charge in [-0.15, -0.1) is 11.3 Å². The quantitative estimate of drug-likeness (QED) is 0.0641. The van der Waals surface area contributed by atoms with Gasteiger partial charge in [-0.3, -0.25) is 29.5 Å². The Kier molecular flexibility index (Phi) is 19.3. The summed E-state index contributed by atoms with van der Waals surface area (Å²) < 4.78 is 6.46. The molecule has 0 bridgehead atoms. The third kappa shape index (κ3) is 13.2. The van der Waals surface area contributed by atoms with E-state index in [1.54, 1.807) is 12.3 Å². The lowest BCUT2D eigenvalue weighted by molar-refractivity contribution is -0.145. The number of likely N-dealkylation sites (tertiary alicyclic amines) is 1. The molecule has 1 aliphatic rings. The minimum atomic E-state index is -0.427. The van der Waals surface area contributed by atoms with Crippen LogP contribution in [0.2, 0.25) is 0 Å². The fourth-order valence-corrected chi connectivity index (χ4v) is 8.45. The lowest BCUT2D eigenvalue weighted by atomic mass is 9.82. The first-order valence-electron chi connectivity index (χ1n) is 20.3. The lowest BCUT2D eigenvalue weighted by Gasteiger charge is -2.40. The lowest BCUT2D eigenvalue weighted by Crippen LogP contribution is -2.50. The number of ketones is 1. The Hall–Kier alpha value is -3.19. The molecule has 1 fully saturated rings. The van der Waals surface area contributed by atoms with Crippen molar-refractivity contribution in [2.45, 2.75) is 137 Å². The zero-order valence-electron chi connectivity index (χ0n) is 34.1. The van der Waals surface area contributed by atoms with E-state index in [0.29, 0.717) is 43.1 Å². The van der Waals surface area contributed by atoms with Crippen molar-refractivity contribution in [3.05, 3.63) is 52.0 Å². The maximum absolute atomic E-state index is 14.7. The Morgan fingerprint density at radius 3 is 2.37 bits per heavy atom. The highest BCUT2D eigenvalue weighted by atomic mass is 32.1. The van der Waals surface area contributed by atoms with Gasteiger partial charge in [-0.05, 0) is 69.5 Å². The van der Waals surface area contributed by atoms with Gasteiger partial charge in [0.05, 0.1) is 6.04 Å². The van der Waals surface area contributed by atoms with Gasteiger partial charge in [-0.1, -0.05) is 91.6 Å². The van der Waals surface area contributed by atoms with Crippen LogP contribution in [0.15, 0.2) is 35.7 Å². The Morgan fingerprint density at radius 2 is 1.76 bits per heavy atom. The number of nitrogens with two attached hydrogens (primary N) is 1. The summed E-state index contributed by atoms with van der Waals surface area (Å²) >= 11 is 1.39. The van der Waals surface area contributed by atoms with Crippen molar-refractivity contribution in [3.63, 3.8) is 0 Å². The Balaban J connectivity index is 1.86. The summed E-state index contributed by atoms with van der Waals surface area (Å²) in [6.45, 7) is 16.4. The molecule has 0 unspecified atom stereocenters. The van der Waals surface area contributed by atoms with Crippen LogP contribution >= 0.6 is 11.3 Å². The molecule has 1 aliphatic heterocycles. The molecule has 4 N–H and O–H groups in total. The van der Waals surface area contributed by atoms with Crippen LogP contribution in [0.25, 0.3) is 0 Å². The minimum Gasteiger partial charge on any atom is -0.371 e. The zero-order valence-corrected chi connectivity index (χ0v) is 35.0. The standard InChI is InChI=1S/C42H68N6O5S/c1-9-20-48(42(52)33(29(6)11-3)25-37(49)35-19-15-16-21-47(35)8)36(28(4)5)26-38(53-22-10-2)41-45-34(27-54-41)40(51)44-32(23-30(7)39(50)46-43)24-31-17-13-12-14-18-31/h12-14,17-18,27-30,32-33,35-36,38H,9-11,15-16,19-26,43H2,1-8H3,(H,44,51)(H,46,50)/t29-,30-,32+,33-,35+,36+,38+/m0/s1. The molecule has 54 heavy (non-hydrogen) atoms. The number of hydrazine groups is 1. The van der Waals surface area contributed by atoms with Crippen molar-refractivity contribution in [1.29, 1.82) is 0 Å². The number of carbonyl (C=O) groups is 4. The van der Waals surface area contributed by atoms with Crippen LogP contribution in [0.5, 0.6) is 0 Å². The van der Waals surface area contributed by atoms with Crippen molar-refractivity contribution < 1.29 is 23.9 Å². The Bertz CT molecular complexity index is 1450. The third-order valence-corrected chi connectivity index (χ3v) is 12.0. The first-order chi connectivity index (χ1) is 25.8. The van der Waals surface area contributed by atoms with Gasteiger partial charge in [0, 0.05) is 55.3 Å². The van der Waals surface area contributed by atoms with Gasteiger partial charge in [-0.2, -0.15) is 0 Å². The summed E-state index contributed by atoms with van der Waals surface area (Å²) in [7, 11) is 2.02. The number of carbonyl (C=O) groups excluding carboxylic acids is 4. The summed E-state index contributed by atoms with van der Waals surface area (Å²) in [4.78, 5) is 63.4.